The first kappa shape index (κ1) is 20.7. The number of rotatable bonds is 0. The van der Waals surface area contributed by atoms with E-state index in [0.29, 0.717) is 0 Å². The zero-order chi connectivity index (χ0) is 12.6. The SMILES string of the molecule is [C-]#[O+].[C-]#[O+].[CH2-]c1ccccn1.[Fe].[c-]1[c-][c-][cH-][c-]1. The molecule has 0 amide bonds. The quantitative estimate of drug-likeness (QED) is 0.407. The minimum atomic E-state index is 0. The van der Waals surface area contributed by atoms with Gasteiger partial charge >= 0.3 is 22.6 Å². The summed E-state index contributed by atoms with van der Waals surface area (Å²) in [6.45, 7) is 12.6. The summed E-state index contributed by atoms with van der Waals surface area (Å²) in [7, 11) is 0. The molecule has 1 aromatic carbocycles. The van der Waals surface area contributed by atoms with Crippen LogP contribution in [0.5, 0.6) is 0 Å². The van der Waals surface area contributed by atoms with Gasteiger partial charge in [0.15, 0.2) is 0 Å². The van der Waals surface area contributed by atoms with E-state index in [9.17, 15) is 0 Å². The van der Waals surface area contributed by atoms with Crippen LogP contribution in [0.2, 0.25) is 0 Å². The van der Waals surface area contributed by atoms with Crippen LogP contribution in [0.3, 0.4) is 0 Å². The molecule has 0 aliphatic carbocycles. The van der Waals surface area contributed by atoms with E-state index in [1.54, 1.807) is 12.3 Å². The summed E-state index contributed by atoms with van der Waals surface area (Å²) < 4.78 is 15.0. The second kappa shape index (κ2) is 19.9. The van der Waals surface area contributed by atoms with Gasteiger partial charge in [-0.2, -0.15) is 6.07 Å². The molecule has 1 aromatic heterocycles. The van der Waals surface area contributed by atoms with Gasteiger partial charge in [0, 0.05) is 23.3 Å². The molecule has 2 rings (SSSR count). The summed E-state index contributed by atoms with van der Waals surface area (Å²) in [4.78, 5) is 3.87. The van der Waals surface area contributed by atoms with Crippen molar-refractivity contribution in [1.29, 1.82) is 0 Å². The molecule has 2 aromatic rings. The number of aromatic nitrogens is 1. The smallest absolute Gasteiger partial charge is 0.0222 e. The van der Waals surface area contributed by atoms with Crippen LogP contribution in [0.25, 0.3) is 0 Å². The van der Waals surface area contributed by atoms with Crippen molar-refractivity contribution in [1.82, 2.24) is 4.98 Å². The third-order valence-electron chi connectivity index (χ3n) is 1.08. The average Bonchev–Trinajstić information content (AvgIpc) is 2.94. The van der Waals surface area contributed by atoms with Crippen molar-refractivity contribution in [2.75, 3.05) is 0 Å². The monoisotopic (exact) mass is 265 g/mol. The van der Waals surface area contributed by atoms with Crippen LogP contribution >= 0.6 is 0 Å². The Bertz CT molecular complexity index is 331. The molecular formula is C13H7FeNO2-6. The van der Waals surface area contributed by atoms with Gasteiger partial charge in [0.25, 0.3) is 0 Å². The van der Waals surface area contributed by atoms with Crippen molar-refractivity contribution in [3.05, 3.63) is 80.6 Å². The van der Waals surface area contributed by atoms with Gasteiger partial charge in [0.2, 0.25) is 0 Å². The Morgan fingerprint density at radius 3 is 1.82 bits per heavy atom. The minimum absolute atomic E-state index is 0. The summed E-state index contributed by atoms with van der Waals surface area (Å²) in [5.74, 6) is 0. The molecule has 1 heterocycles. The summed E-state index contributed by atoms with van der Waals surface area (Å²) in [6, 6.07) is 17.6. The van der Waals surface area contributed by atoms with Crippen LogP contribution in [0.1, 0.15) is 5.69 Å². The molecule has 0 aliphatic rings. The molecule has 0 spiro atoms. The van der Waals surface area contributed by atoms with E-state index >= 15 is 0 Å². The number of hydrogen-bond acceptors (Lipinski definition) is 1. The van der Waals surface area contributed by atoms with Crippen LogP contribution in [-0.2, 0) is 26.4 Å². The molecule has 90 valence electrons. The third-order valence-corrected chi connectivity index (χ3v) is 1.08. The molecule has 17 heavy (non-hydrogen) atoms. The fourth-order valence-electron chi connectivity index (χ4n) is 0.579. The summed E-state index contributed by atoms with van der Waals surface area (Å²) >= 11 is 0. The maximum Gasteiger partial charge on any atom is 0.0222 e. The van der Waals surface area contributed by atoms with E-state index < -0.39 is 0 Å². The Hall–Kier alpha value is -1.63. The van der Waals surface area contributed by atoms with Crippen molar-refractivity contribution in [2.45, 2.75) is 0 Å². The summed E-state index contributed by atoms with van der Waals surface area (Å²) in [6.07, 6.45) is 1.72. The summed E-state index contributed by atoms with van der Waals surface area (Å²) in [5, 5.41) is 0. The number of hydrogen-bond donors (Lipinski definition) is 0. The first-order valence-corrected chi connectivity index (χ1v) is 3.86. The number of pyridine rings is 1. The Labute approximate surface area is 112 Å². The van der Waals surface area contributed by atoms with Crippen molar-refractivity contribution in [3.8, 4) is 0 Å². The van der Waals surface area contributed by atoms with Crippen LogP contribution in [0, 0.1) is 44.5 Å². The van der Waals surface area contributed by atoms with E-state index in [-0.39, 0.29) is 17.1 Å². The van der Waals surface area contributed by atoms with Crippen LogP contribution in [-0.4, -0.2) is 4.98 Å². The van der Waals surface area contributed by atoms with Crippen molar-refractivity contribution < 1.29 is 26.4 Å². The van der Waals surface area contributed by atoms with E-state index in [1.807, 2.05) is 18.2 Å². The topological polar surface area (TPSA) is 52.7 Å². The van der Waals surface area contributed by atoms with Crippen molar-refractivity contribution >= 4 is 0 Å². The van der Waals surface area contributed by atoms with Gasteiger partial charge < -0.3 is 30.3 Å². The number of nitrogens with zero attached hydrogens (tertiary/aromatic N) is 1. The predicted molar refractivity (Wildman–Crippen MR) is 53.9 cm³/mol. The molecule has 3 nitrogen and oxygen atoms in total. The van der Waals surface area contributed by atoms with Crippen LogP contribution < -0.4 is 0 Å². The zero-order valence-corrected chi connectivity index (χ0v) is 9.82. The van der Waals surface area contributed by atoms with Crippen LogP contribution in [0.4, 0.5) is 0 Å². The largest absolute Gasteiger partial charge is 0.999 e. The van der Waals surface area contributed by atoms with Crippen molar-refractivity contribution in [2.24, 2.45) is 0 Å². The molecule has 0 N–H and O–H groups in total. The Balaban J connectivity index is -0.000000175. The second-order valence-electron chi connectivity index (χ2n) is 2.00. The molecule has 0 unspecified atom stereocenters. The molecule has 0 bridgehead atoms. The molecule has 0 saturated heterocycles. The van der Waals surface area contributed by atoms with Gasteiger partial charge in [-0.25, -0.2) is 6.92 Å². The molecule has 4 heteroatoms. The minimum Gasteiger partial charge on any atom is -0.999 e. The molecular weight excluding hydrogens is 258 g/mol. The maximum atomic E-state index is 7.50. The molecule has 0 atom stereocenters. The van der Waals surface area contributed by atoms with E-state index in [1.165, 1.54) is 0 Å². The van der Waals surface area contributed by atoms with E-state index in [0.717, 1.165) is 5.69 Å². The van der Waals surface area contributed by atoms with Gasteiger partial charge in [0.1, 0.15) is 0 Å². The third kappa shape index (κ3) is 17.0. The molecule has 0 aliphatic heterocycles. The normalized spacial score (nSPS) is 6.12. The van der Waals surface area contributed by atoms with Crippen molar-refractivity contribution in [3.63, 3.8) is 0 Å². The summed E-state index contributed by atoms with van der Waals surface area (Å²) in [5.41, 5.74) is 0.822. The molecule has 0 radical (unpaired) electrons. The van der Waals surface area contributed by atoms with E-state index in [2.05, 4.69) is 49.5 Å². The molecule has 0 saturated carbocycles. The first-order chi connectivity index (χ1) is 7.89. The zero-order valence-electron chi connectivity index (χ0n) is 8.71. The fourth-order valence-corrected chi connectivity index (χ4v) is 0.579. The van der Waals surface area contributed by atoms with Crippen LogP contribution in [0.15, 0.2) is 30.5 Å². The van der Waals surface area contributed by atoms with Gasteiger partial charge in [-0.1, -0.05) is 6.07 Å². The fraction of sp³-hybridized carbons (Fsp3) is 0. The van der Waals surface area contributed by atoms with Gasteiger partial charge in [0.05, 0.1) is 0 Å². The Kier molecular flexibility index (Phi) is 24.2. The van der Waals surface area contributed by atoms with Gasteiger partial charge in [-0.05, 0) is 0 Å². The second-order valence-corrected chi connectivity index (χ2v) is 2.00. The van der Waals surface area contributed by atoms with E-state index in [4.69, 9.17) is 9.30 Å². The molecule has 0 fully saturated rings. The van der Waals surface area contributed by atoms with Gasteiger partial charge in [-0.15, -0.1) is 11.8 Å². The average molecular weight is 265 g/mol. The Morgan fingerprint density at radius 2 is 1.65 bits per heavy atom. The standard InChI is InChI=1S/C6H6N.C5H.2CO.Fe/c1-6-4-2-3-5-7-6;1-2-4-5-3-1;2*1-2;/h2-5H,1H2;1H;;;/q-1;-5;;;. The maximum absolute atomic E-state index is 7.50. The Morgan fingerprint density at radius 1 is 1.12 bits per heavy atom. The first-order valence-electron chi connectivity index (χ1n) is 3.86. The van der Waals surface area contributed by atoms with Gasteiger partial charge in [-0.3, -0.25) is 4.98 Å². The predicted octanol–water partition coefficient (Wildman–Crippen LogP) is 1.79.